The molecule has 2 aromatic heterocycles. The molecule has 1 fully saturated rings. The molecular weight excluding hydrogens is 308 g/mol. The highest BCUT2D eigenvalue weighted by atomic mass is 32.1. The van der Waals surface area contributed by atoms with Crippen molar-refractivity contribution in [2.24, 2.45) is 0 Å². The van der Waals surface area contributed by atoms with E-state index in [1.807, 2.05) is 11.3 Å². The minimum atomic E-state index is -0.326. The first-order valence-corrected chi connectivity index (χ1v) is 9.31. The van der Waals surface area contributed by atoms with E-state index in [9.17, 15) is 5.11 Å². The van der Waals surface area contributed by atoms with Crippen molar-refractivity contribution < 1.29 is 5.11 Å². The summed E-state index contributed by atoms with van der Waals surface area (Å²) in [7, 11) is 4.18. The molecule has 0 unspecified atom stereocenters. The summed E-state index contributed by atoms with van der Waals surface area (Å²) in [5.41, 5.74) is 1.43. The number of hydrogen-bond acceptors (Lipinski definition) is 6. The predicted molar refractivity (Wildman–Crippen MR) is 94.2 cm³/mol. The third-order valence-electron chi connectivity index (χ3n) is 5.34. The van der Waals surface area contributed by atoms with Gasteiger partial charge in [0.2, 0.25) is 0 Å². The molecule has 5 nitrogen and oxygen atoms in total. The van der Waals surface area contributed by atoms with E-state index in [0.717, 1.165) is 36.3 Å². The normalized spacial score (nSPS) is 27.6. The first-order chi connectivity index (χ1) is 11.1. The van der Waals surface area contributed by atoms with Crippen LogP contribution in [0.1, 0.15) is 36.1 Å². The van der Waals surface area contributed by atoms with Gasteiger partial charge < -0.3 is 15.3 Å². The van der Waals surface area contributed by atoms with Crippen LogP contribution in [0.15, 0.2) is 6.33 Å². The van der Waals surface area contributed by atoms with Crippen molar-refractivity contribution in [2.75, 3.05) is 19.4 Å². The molecule has 2 heterocycles. The minimum Gasteiger partial charge on any atom is -0.391 e. The Kier molecular flexibility index (Phi) is 3.99. The van der Waals surface area contributed by atoms with Crippen LogP contribution in [0.3, 0.4) is 0 Å². The van der Waals surface area contributed by atoms with Crippen LogP contribution in [-0.2, 0) is 12.8 Å². The van der Waals surface area contributed by atoms with Crippen molar-refractivity contribution in [3.05, 3.63) is 16.8 Å². The minimum absolute atomic E-state index is 0.0845. The summed E-state index contributed by atoms with van der Waals surface area (Å²) >= 11 is 1.81. The highest BCUT2D eigenvalue weighted by molar-refractivity contribution is 7.19. The molecular formula is C17H24N4OS. The van der Waals surface area contributed by atoms with Gasteiger partial charge in [0.15, 0.2) is 0 Å². The maximum Gasteiger partial charge on any atom is 0.138 e. The largest absolute Gasteiger partial charge is 0.391 e. The highest BCUT2D eigenvalue weighted by Gasteiger charge is 2.31. The van der Waals surface area contributed by atoms with Gasteiger partial charge in [0, 0.05) is 10.9 Å². The fraction of sp³-hybridized carbons (Fsp3) is 0.647. The lowest BCUT2D eigenvalue weighted by Gasteiger charge is -2.36. The van der Waals surface area contributed by atoms with Gasteiger partial charge in [-0.3, -0.25) is 0 Å². The molecule has 0 saturated heterocycles. The van der Waals surface area contributed by atoms with Crippen LogP contribution >= 0.6 is 11.3 Å². The number of rotatable bonds is 3. The third-order valence-corrected chi connectivity index (χ3v) is 6.54. The SMILES string of the molecule is CN(C)[C@H]1CC[C@@H](Nc2ncnc3sc4c(c23)CCC4)[C@@H](O)C1. The predicted octanol–water partition coefficient (Wildman–Crippen LogP) is 2.44. The number of aliphatic hydroxyl groups is 1. The lowest BCUT2D eigenvalue weighted by molar-refractivity contribution is 0.0710. The third kappa shape index (κ3) is 2.73. The van der Waals surface area contributed by atoms with Gasteiger partial charge in [-0.2, -0.15) is 0 Å². The van der Waals surface area contributed by atoms with Crippen LogP contribution < -0.4 is 5.32 Å². The Bertz CT molecular complexity index is 714. The fourth-order valence-corrected chi connectivity index (χ4v) is 5.21. The molecule has 6 heteroatoms. The quantitative estimate of drug-likeness (QED) is 0.904. The van der Waals surface area contributed by atoms with Crippen LogP contribution in [-0.4, -0.2) is 52.3 Å². The lowest BCUT2D eigenvalue weighted by Crippen LogP contribution is -2.45. The van der Waals surface area contributed by atoms with Crippen LogP contribution in [0.25, 0.3) is 10.2 Å². The Morgan fingerprint density at radius 1 is 1.26 bits per heavy atom. The molecule has 0 aliphatic heterocycles. The van der Waals surface area contributed by atoms with E-state index in [1.165, 1.54) is 28.7 Å². The van der Waals surface area contributed by atoms with E-state index < -0.39 is 0 Å². The van der Waals surface area contributed by atoms with Gasteiger partial charge in [-0.25, -0.2) is 9.97 Å². The van der Waals surface area contributed by atoms with Crippen LogP contribution in [0.5, 0.6) is 0 Å². The Morgan fingerprint density at radius 2 is 2.13 bits per heavy atom. The number of anilines is 1. The molecule has 0 spiro atoms. The Morgan fingerprint density at radius 3 is 2.91 bits per heavy atom. The van der Waals surface area contributed by atoms with Crippen molar-refractivity contribution in [3.63, 3.8) is 0 Å². The van der Waals surface area contributed by atoms with Gasteiger partial charge in [-0.1, -0.05) is 0 Å². The molecule has 2 aliphatic rings. The summed E-state index contributed by atoms with van der Waals surface area (Å²) in [5.74, 6) is 0.918. The summed E-state index contributed by atoms with van der Waals surface area (Å²) in [4.78, 5) is 13.7. The lowest BCUT2D eigenvalue weighted by atomic mass is 9.88. The number of aromatic nitrogens is 2. The van der Waals surface area contributed by atoms with Gasteiger partial charge in [0.25, 0.3) is 0 Å². The molecule has 2 aromatic rings. The molecule has 0 amide bonds. The summed E-state index contributed by atoms with van der Waals surface area (Å²) in [5, 5.41) is 15.3. The molecule has 2 N–H and O–H groups in total. The molecule has 0 aromatic carbocycles. The molecule has 2 aliphatic carbocycles. The molecule has 0 radical (unpaired) electrons. The maximum atomic E-state index is 10.5. The first-order valence-electron chi connectivity index (χ1n) is 8.49. The summed E-state index contributed by atoms with van der Waals surface area (Å²) in [6, 6.07) is 0.556. The van der Waals surface area contributed by atoms with Gasteiger partial charge >= 0.3 is 0 Å². The van der Waals surface area contributed by atoms with E-state index in [2.05, 4.69) is 34.3 Å². The number of aryl methyl sites for hydroxylation is 2. The zero-order valence-corrected chi connectivity index (χ0v) is 14.6. The van der Waals surface area contributed by atoms with E-state index in [1.54, 1.807) is 6.33 Å². The second-order valence-corrected chi connectivity index (χ2v) is 8.09. The topological polar surface area (TPSA) is 61.3 Å². The number of thiophene rings is 1. The van der Waals surface area contributed by atoms with Crippen molar-refractivity contribution in [2.45, 2.75) is 56.7 Å². The smallest absolute Gasteiger partial charge is 0.138 e. The van der Waals surface area contributed by atoms with Crippen LogP contribution in [0, 0.1) is 0 Å². The summed E-state index contributed by atoms with van der Waals surface area (Å²) in [6.07, 6.45) is 7.77. The molecule has 3 atom stereocenters. The highest BCUT2D eigenvalue weighted by Crippen LogP contribution is 2.39. The Balaban J connectivity index is 1.59. The molecule has 4 rings (SSSR count). The molecule has 124 valence electrons. The van der Waals surface area contributed by atoms with E-state index >= 15 is 0 Å². The van der Waals surface area contributed by atoms with E-state index in [-0.39, 0.29) is 12.1 Å². The van der Waals surface area contributed by atoms with Gasteiger partial charge in [-0.15, -0.1) is 11.3 Å². The number of nitrogens with zero attached hydrogens (tertiary/aromatic N) is 3. The number of hydrogen-bond donors (Lipinski definition) is 2. The van der Waals surface area contributed by atoms with Crippen molar-refractivity contribution in [1.82, 2.24) is 14.9 Å². The second kappa shape index (κ2) is 6.00. The molecule has 0 bridgehead atoms. The Labute approximate surface area is 140 Å². The number of fused-ring (bicyclic) bond motifs is 3. The van der Waals surface area contributed by atoms with Crippen molar-refractivity contribution in [3.8, 4) is 0 Å². The molecule has 23 heavy (non-hydrogen) atoms. The fourth-order valence-electron chi connectivity index (χ4n) is 3.98. The average Bonchev–Trinajstić information content (AvgIpc) is 3.09. The number of nitrogens with one attached hydrogen (secondary N) is 1. The van der Waals surface area contributed by atoms with Crippen molar-refractivity contribution in [1.29, 1.82) is 0 Å². The standard InChI is InChI=1S/C17H24N4OS/c1-21(2)10-6-7-12(13(22)8-10)20-16-15-11-4-3-5-14(11)23-17(15)19-9-18-16/h9-10,12-13,22H,3-8H2,1-2H3,(H,18,19,20)/t10-,12+,13-/m0/s1. The van der Waals surface area contributed by atoms with Gasteiger partial charge in [-0.05, 0) is 58.2 Å². The molecule has 1 saturated carbocycles. The van der Waals surface area contributed by atoms with Crippen LogP contribution in [0.2, 0.25) is 0 Å². The van der Waals surface area contributed by atoms with Crippen molar-refractivity contribution >= 4 is 27.4 Å². The van der Waals surface area contributed by atoms with E-state index in [0.29, 0.717) is 6.04 Å². The second-order valence-electron chi connectivity index (χ2n) is 7.01. The monoisotopic (exact) mass is 332 g/mol. The summed E-state index contributed by atoms with van der Waals surface area (Å²) < 4.78 is 0. The number of aliphatic hydroxyl groups excluding tert-OH is 1. The van der Waals surface area contributed by atoms with Gasteiger partial charge in [0.1, 0.15) is 17.0 Å². The average molecular weight is 332 g/mol. The summed E-state index contributed by atoms with van der Waals surface area (Å²) in [6.45, 7) is 0. The Hall–Kier alpha value is -1.24. The zero-order chi connectivity index (χ0) is 16.0. The van der Waals surface area contributed by atoms with Crippen LogP contribution in [0.4, 0.5) is 5.82 Å². The first kappa shape index (κ1) is 15.3. The van der Waals surface area contributed by atoms with E-state index in [4.69, 9.17) is 0 Å². The zero-order valence-electron chi connectivity index (χ0n) is 13.7. The maximum absolute atomic E-state index is 10.5. The van der Waals surface area contributed by atoms with Gasteiger partial charge in [0.05, 0.1) is 17.5 Å².